The summed E-state index contributed by atoms with van der Waals surface area (Å²) in [6.07, 6.45) is 0. The van der Waals surface area contributed by atoms with Gasteiger partial charge in [-0.1, -0.05) is 35.3 Å². The molecule has 1 amide bonds. The van der Waals surface area contributed by atoms with Gasteiger partial charge in [0, 0.05) is 11.6 Å². The summed E-state index contributed by atoms with van der Waals surface area (Å²) in [5, 5.41) is 6.98. The molecule has 122 valence electrons. The van der Waals surface area contributed by atoms with Gasteiger partial charge in [0.15, 0.2) is 0 Å². The van der Waals surface area contributed by atoms with E-state index in [4.69, 9.17) is 27.9 Å². The van der Waals surface area contributed by atoms with Gasteiger partial charge in [0.25, 0.3) is 0 Å². The van der Waals surface area contributed by atoms with Crippen LogP contribution in [0.15, 0.2) is 42.5 Å². The van der Waals surface area contributed by atoms with Crippen molar-refractivity contribution in [2.75, 3.05) is 12.4 Å². The SMILES string of the molecule is COc1ccc(CNC(=O)C(C)Nc2ccc(Cl)cc2Cl)cc1. The van der Waals surface area contributed by atoms with Gasteiger partial charge < -0.3 is 15.4 Å². The van der Waals surface area contributed by atoms with E-state index in [1.54, 1.807) is 32.2 Å². The number of hydrogen-bond donors (Lipinski definition) is 2. The Morgan fingerprint density at radius 1 is 1.17 bits per heavy atom. The molecule has 2 rings (SSSR count). The minimum Gasteiger partial charge on any atom is -0.497 e. The average molecular weight is 353 g/mol. The van der Waals surface area contributed by atoms with Gasteiger partial charge in [-0.25, -0.2) is 0 Å². The third-order valence-corrected chi connectivity index (χ3v) is 3.87. The predicted molar refractivity (Wildman–Crippen MR) is 94.4 cm³/mol. The number of rotatable bonds is 6. The van der Waals surface area contributed by atoms with Crippen molar-refractivity contribution in [2.24, 2.45) is 0 Å². The molecule has 0 aromatic heterocycles. The first kappa shape index (κ1) is 17.4. The smallest absolute Gasteiger partial charge is 0.242 e. The molecule has 0 saturated heterocycles. The molecule has 1 unspecified atom stereocenters. The van der Waals surface area contributed by atoms with Gasteiger partial charge in [0.1, 0.15) is 11.8 Å². The molecule has 0 radical (unpaired) electrons. The van der Waals surface area contributed by atoms with Gasteiger partial charge in [0.05, 0.1) is 17.8 Å². The fourth-order valence-corrected chi connectivity index (χ4v) is 2.45. The number of halogens is 2. The zero-order chi connectivity index (χ0) is 16.8. The van der Waals surface area contributed by atoms with Crippen LogP contribution in [-0.2, 0) is 11.3 Å². The van der Waals surface area contributed by atoms with Crippen LogP contribution in [0.3, 0.4) is 0 Å². The number of benzene rings is 2. The van der Waals surface area contributed by atoms with E-state index in [2.05, 4.69) is 10.6 Å². The fourth-order valence-electron chi connectivity index (χ4n) is 1.99. The van der Waals surface area contributed by atoms with Crippen LogP contribution in [0.5, 0.6) is 5.75 Å². The highest BCUT2D eigenvalue weighted by Crippen LogP contribution is 2.25. The van der Waals surface area contributed by atoms with Gasteiger partial charge in [-0.05, 0) is 42.8 Å². The maximum absolute atomic E-state index is 12.2. The lowest BCUT2D eigenvalue weighted by molar-refractivity contribution is -0.121. The number of carbonyl (C=O) groups is 1. The summed E-state index contributed by atoms with van der Waals surface area (Å²) in [5.74, 6) is 0.666. The van der Waals surface area contributed by atoms with Crippen molar-refractivity contribution in [1.82, 2.24) is 5.32 Å². The molecule has 0 spiro atoms. The van der Waals surface area contributed by atoms with Gasteiger partial charge in [-0.3, -0.25) is 4.79 Å². The zero-order valence-electron chi connectivity index (χ0n) is 12.9. The van der Waals surface area contributed by atoms with E-state index in [0.717, 1.165) is 11.3 Å². The third kappa shape index (κ3) is 5.05. The Bertz CT molecular complexity index is 675. The minimum absolute atomic E-state index is 0.119. The Morgan fingerprint density at radius 3 is 2.48 bits per heavy atom. The monoisotopic (exact) mass is 352 g/mol. The molecule has 23 heavy (non-hydrogen) atoms. The molecular formula is C17H18Cl2N2O2. The molecule has 0 fully saturated rings. The molecular weight excluding hydrogens is 335 g/mol. The van der Waals surface area contributed by atoms with E-state index >= 15 is 0 Å². The molecule has 0 saturated carbocycles. The van der Waals surface area contributed by atoms with Crippen molar-refractivity contribution in [1.29, 1.82) is 0 Å². The Labute approximate surface area is 145 Å². The number of anilines is 1. The van der Waals surface area contributed by atoms with Crippen molar-refractivity contribution in [2.45, 2.75) is 19.5 Å². The standard InChI is InChI=1S/C17H18Cl2N2O2/c1-11(21-16-8-5-13(18)9-15(16)19)17(22)20-10-12-3-6-14(23-2)7-4-12/h3-9,11,21H,10H2,1-2H3,(H,20,22). The molecule has 0 aliphatic rings. The van der Waals surface area contributed by atoms with Crippen LogP contribution < -0.4 is 15.4 Å². The largest absolute Gasteiger partial charge is 0.497 e. The summed E-state index contributed by atoms with van der Waals surface area (Å²) >= 11 is 11.9. The molecule has 2 N–H and O–H groups in total. The maximum atomic E-state index is 12.2. The molecule has 0 aliphatic carbocycles. The lowest BCUT2D eigenvalue weighted by Crippen LogP contribution is -2.37. The second-order valence-electron chi connectivity index (χ2n) is 5.06. The van der Waals surface area contributed by atoms with Gasteiger partial charge in [-0.2, -0.15) is 0 Å². The van der Waals surface area contributed by atoms with Crippen LogP contribution in [-0.4, -0.2) is 19.1 Å². The van der Waals surface area contributed by atoms with E-state index in [9.17, 15) is 4.79 Å². The van der Waals surface area contributed by atoms with Crippen LogP contribution in [0.4, 0.5) is 5.69 Å². The number of ether oxygens (including phenoxy) is 1. The van der Waals surface area contributed by atoms with E-state index in [1.807, 2.05) is 24.3 Å². The summed E-state index contributed by atoms with van der Waals surface area (Å²) in [4.78, 5) is 12.2. The van der Waals surface area contributed by atoms with E-state index in [-0.39, 0.29) is 5.91 Å². The number of nitrogens with one attached hydrogen (secondary N) is 2. The molecule has 0 heterocycles. The number of methoxy groups -OCH3 is 1. The number of carbonyl (C=O) groups excluding carboxylic acids is 1. The highest BCUT2D eigenvalue weighted by Gasteiger charge is 2.13. The van der Waals surface area contributed by atoms with Crippen molar-refractivity contribution in [3.05, 3.63) is 58.1 Å². The van der Waals surface area contributed by atoms with E-state index in [1.165, 1.54) is 0 Å². The lowest BCUT2D eigenvalue weighted by Gasteiger charge is -2.16. The van der Waals surface area contributed by atoms with Crippen molar-refractivity contribution < 1.29 is 9.53 Å². The first-order valence-corrected chi connectivity index (χ1v) is 7.87. The van der Waals surface area contributed by atoms with Crippen LogP contribution in [0.2, 0.25) is 10.0 Å². The third-order valence-electron chi connectivity index (χ3n) is 3.32. The minimum atomic E-state index is -0.424. The Balaban J connectivity index is 1.89. The van der Waals surface area contributed by atoms with E-state index in [0.29, 0.717) is 22.3 Å². The Morgan fingerprint density at radius 2 is 1.87 bits per heavy atom. The van der Waals surface area contributed by atoms with Crippen LogP contribution in [0.25, 0.3) is 0 Å². The van der Waals surface area contributed by atoms with Crippen molar-refractivity contribution in [3.63, 3.8) is 0 Å². The molecule has 0 bridgehead atoms. The number of amides is 1. The Kier molecular flexibility index (Phi) is 6.13. The predicted octanol–water partition coefficient (Wildman–Crippen LogP) is 4.12. The molecule has 2 aromatic carbocycles. The first-order valence-electron chi connectivity index (χ1n) is 7.12. The molecule has 4 nitrogen and oxygen atoms in total. The normalized spacial score (nSPS) is 11.7. The van der Waals surface area contributed by atoms with Crippen LogP contribution in [0.1, 0.15) is 12.5 Å². The Hall–Kier alpha value is -1.91. The van der Waals surface area contributed by atoms with E-state index < -0.39 is 6.04 Å². The summed E-state index contributed by atoms with van der Waals surface area (Å²) in [7, 11) is 1.62. The molecule has 6 heteroatoms. The topological polar surface area (TPSA) is 50.4 Å². The highest BCUT2D eigenvalue weighted by atomic mass is 35.5. The lowest BCUT2D eigenvalue weighted by atomic mass is 10.2. The molecule has 2 aromatic rings. The van der Waals surface area contributed by atoms with Gasteiger partial charge in [-0.15, -0.1) is 0 Å². The number of hydrogen-bond acceptors (Lipinski definition) is 3. The van der Waals surface area contributed by atoms with Gasteiger partial charge in [0.2, 0.25) is 5.91 Å². The van der Waals surface area contributed by atoms with Gasteiger partial charge >= 0.3 is 0 Å². The average Bonchev–Trinajstić information content (AvgIpc) is 2.55. The summed E-state index contributed by atoms with van der Waals surface area (Å²) < 4.78 is 5.10. The summed E-state index contributed by atoms with van der Waals surface area (Å²) in [6.45, 7) is 2.22. The molecule has 1 atom stereocenters. The van der Waals surface area contributed by atoms with Crippen molar-refractivity contribution in [3.8, 4) is 5.75 Å². The summed E-state index contributed by atoms with van der Waals surface area (Å²) in [5.41, 5.74) is 1.67. The highest BCUT2D eigenvalue weighted by molar-refractivity contribution is 6.36. The second-order valence-corrected chi connectivity index (χ2v) is 5.90. The first-order chi connectivity index (χ1) is 11.0. The van der Waals surface area contributed by atoms with Crippen molar-refractivity contribution >= 4 is 34.8 Å². The second kappa shape index (κ2) is 8.09. The van der Waals surface area contributed by atoms with Crippen LogP contribution >= 0.6 is 23.2 Å². The molecule has 0 aliphatic heterocycles. The summed E-state index contributed by atoms with van der Waals surface area (Å²) in [6, 6.07) is 12.2. The van der Waals surface area contributed by atoms with Crippen LogP contribution in [0, 0.1) is 0 Å². The maximum Gasteiger partial charge on any atom is 0.242 e. The fraction of sp³-hybridized carbons (Fsp3) is 0.235. The zero-order valence-corrected chi connectivity index (χ0v) is 14.4. The quantitative estimate of drug-likeness (QED) is 0.821.